The zero-order valence-electron chi connectivity index (χ0n) is 7.45. The third kappa shape index (κ3) is 1.28. The highest BCUT2D eigenvalue weighted by Crippen LogP contribution is 2.61. The molecule has 1 aliphatic rings. The summed E-state index contributed by atoms with van der Waals surface area (Å²) >= 11 is 3.08. The summed E-state index contributed by atoms with van der Waals surface area (Å²) in [6.45, 7) is 1.39. The molecule has 2 rings (SSSR count). The molecular weight excluding hydrogens is 257 g/mol. The summed E-state index contributed by atoms with van der Waals surface area (Å²) in [4.78, 5) is 0. The van der Waals surface area contributed by atoms with Gasteiger partial charge in [-0.1, -0.05) is 22.0 Å². The van der Waals surface area contributed by atoms with Gasteiger partial charge in [0.05, 0.1) is 5.41 Å². The van der Waals surface area contributed by atoms with Crippen molar-refractivity contribution in [3.05, 3.63) is 34.1 Å². The van der Waals surface area contributed by atoms with Crippen LogP contribution < -0.4 is 0 Å². The smallest absolute Gasteiger partial charge is 0.207 e. The molecule has 0 spiro atoms. The van der Waals surface area contributed by atoms with E-state index < -0.39 is 17.2 Å². The second-order valence-corrected chi connectivity index (χ2v) is 4.75. The van der Waals surface area contributed by atoms with E-state index in [-0.39, 0.29) is 12.0 Å². The minimum Gasteiger partial charge on any atom is -0.207 e. The number of hydrogen-bond donors (Lipinski definition) is 0. The molecule has 1 unspecified atom stereocenters. The molecule has 0 radical (unpaired) electrons. The minimum atomic E-state index is -2.76. The molecule has 0 nitrogen and oxygen atoms in total. The first-order valence-corrected chi connectivity index (χ1v) is 4.99. The van der Waals surface area contributed by atoms with E-state index in [2.05, 4.69) is 15.9 Å². The maximum Gasteiger partial charge on any atom is 0.258 e. The predicted molar refractivity (Wildman–Crippen MR) is 51.0 cm³/mol. The normalized spacial score (nSPS) is 28.9. The summed E-state index contributed by atoms with van der Waals surface area (Å²) in [6.07, 6.45) is -0.265. The number of alkyl halides is 2. The van der Waals surface area contributed by atoms with Gasteiger partial charge in [0.25, 0.3) is 5.92 Å². The molecule has 0 aliphatic heterocycles. The molecular formula is C10H8BrF3. The van der Waals surface area contributed by atoms with Crippen molar-refractivity contribution in [2.75, 3.05) is 0 Å². The Bertz CT molecular complexity index is 389. The molecule has 14 heavy (non-hydrogen) atoms. The lowest BCUT2D eigenvalue weighted by Crippen LogP contribution is -2.13. The Kier molecular flexibility index (Phi) is 1.97. The van der Waals surface area contributed by atoms with Gasteiger partial charge in [-0.15, -0.1) is 0 Å². The summed E-state index contributed by atoms with van der Waals surface area (Å²) in [5, 5.41) is 0. The molecule has 1 aromatic rings. The van der Waals surface area contributed by atoms with E-state index in [1.807, 2.05) is 0 Å². The van der Waals surface area contributed by atoms with Gasteiger partial charge in [0.1, 0.15) is 5.82 Å². The monoisotopic (exact) mass is 264 g/mol. The standard InChI is InChI=1S/C10H8BrF3/c1-9(5-10(9,13)14)7-3-2-6(11)4-8(7)12/h2-4H,5H2,1H3. The van der Waals surface area contributed by atoms with Gasteiger partial charge in [-0.25, -0.2) is 13.2 Å². The Morgan fingerprint density at radius 2 is 1.93 bits per heavy atom. The fourth-order valence-corrected chi connectivity index (χ4v) is 1.96. The van der Waals surface area contributed by atoms with Crippen molar-refractivity contribution in [2.24, 2.45) is 0 Å². The number of rotatable bonds is 1. The van der Waals surface area contributed by atoms with E-state index in [0.717, 1.165) is 0 Å². The third-order valence-corrected chi connectivity index (χ3v) is 3.28. The molecule has 1 aliphatic carbocycles. The maximum absolute atomic E-state index is 13.4. The van der Waals surface area contributed by atoms with Gasteiger partial charge in [0.15, 0.2) is 0 Å². The van der Waals surface area contributed by atoms with Gasteiger partial charge in [-0.3, -0.25) is 0 Å². The van der Waals surface area contributed by atoms with Crippen molar-refractivity contribution in [1.29, 1.82) is 0 Å². The molecule has 0 saturated heterocycles. The zero-order chi connectivity index (χ0) is 10.6. The maximum atomic E-state index is 13.4. The van der Waals surface area contributed by atoms with Crippen LogP contribution in [0.2, 0.25) is 0 Å². The van der Waals surface area contributed by atoms with Crippen LogP contribution in [0.5, 0.6) is 0 Å². The number of halogens is 4. The molecule has 0 aromatic heterocycles. The van der Waals surface area contributed by atoms with Gasteiger partial charge < -0.3 is 0 Å². The van der Waals surface area contributed by atoms with Crippen LogP contribution in [0.25, 0.3) is 0 Å². The summed E-state index contributed by atoms with van der Waals surface area (Å²) in [6, 6.07) is 4.22. The van der Waals surface area contributed by atoms with Crippen LogP contribution in [0.4, 0.5) is 13.2 Å². The van der Waals surface area contributed by atoms with Gasteiger partial charge in [0, 0.05) is 16.5 Å². The van der Waals surface area contributed by atoms with Crippen molar-refractivity contribution >= 4 is 15.9 Å². The van der Waals surface area contributed by atoms with E-state index in [1.165, 1.54) is 19.1 Å². The molecule has 0 heterocycles. The van der Waals surface area contributed by atoms with Crippen LogP contribution in [0.3, 0.4) is 0 Å². The fourth-order valence-electron chi connectivity index (χ4n) is 1.63. The lowest BCUT2D eigenvalue weighted by atomic mass is 9.97. The third-order valence-electron chi connectivity index (χ3n) is 2.78. The molecule has 0 amide bonds. The van der Waals surface area contributed by atoms with Crippen molar-refractivity contribution in [1.82, 2.24) is 0 Å². The molecule has 4 heteroatoms. The van der Waals surface area contributed by atoms with Crippen LogP contribution in [0.1, 0.15) is 18.9 Å². The highest BCUT2D eigenvalue weighted by Gasteiger charge is 2.69. The SMILES string of the molecule is CC1(c2ccc(Br)cc2F)CC1(F)F. The molecule has 1 atom stereocenters. The minimum absolute atomic E-state index is 0.103. The number of hydrogen-bond acceptors (Lipinski definition) is 0. The predicted octanol–water partition coefficient (Wildman–Crippen LogP) is 3.88. The first kappa shape index (κ1) is 10.0. The quantitative estimate of drug-likeness (QED) is 0.722. The van der Waals surface area contributed by atoms with Crippen LogP contribution in [-0.4, -0.2) is 5.92 Å². The Labute approximate surface area is 88.2 Å². The topological polar surface area (TPSA) is 0 Å². The largest absolute Gasteiger partial charge is 0.258 e. The van der Waals surface area contributed by atoms with Gasteiger partial charge in [-0.05, 0) is 19.1 Å². The zero-order valence-corrected chi connectivity index (χ0v) is 9.04. The second kappa shape index (κ2) is 2.75. The van der Waals surface area contributed by atoms with E-state index in [0.29, 0.717) is 4.47 Å². The second-order valence-electron chi connectivity index (χ2n) is 3.84. The van der Waals surface area contributed by atoms with Gasteiger partial charge in [0.2, 0.25) is 0 Å². The van der Waals surface area contributed by atoms with E-state index in [4.69, 9.17) is 0 Å². The van der Waals surface area contributed by atoms with Gasteiger partial charge in [-0.2, -0.15) is 0 Å². The fraction of sp³-hybridized carbons (Fsp3) is 0.400. The van der Waals surface area contributed by atoms with E-state index in [9.17, 15) is 13.2 Å². The first-order chi connectivity index (χ1) is 6.37. The van der Waals surface area contributed by atoms with Crippen LogP contribution >= 0.6 is 15.9 Å². The Morgan fingerprint density at radius 1 is 1.36 bits per heavy atom. The highest BCUT2D eigenvalue weighted by molar-refractivity contribution is 9.10. The van der Waals surface area contributed by atoms with E-state index >= 15 is 0 Å². The van der Waals surface area contributed by atoms with Crippen LogP contribution in [-0.2, 0) is 5.41 Å². The van der Waals surface area contributed by atoms with Crippen LogP contribution in [0, 0.1) is 5.82 Å². The summed E-state index contributed by atoms with van der Waals surface area (Å²) < 4.78 is 39.9. The van der Waals surface area contributed by atoms with Crippen molar-refractivity contribution < 1.29 is 13.2 Å². The molecule has 0 bridgehead atoms. The average Bonchev–Trinajstić information content (AvgIpc) is 2.50. The first-order valence-electron chi connectivity index (χ1n) is 4.20. The molecule has 76 valence electrons. The molecule has 1 aromatic carbocycles. The Balaban J connectivity index is 2.45. The average molecular weight is 265 g/mol. The highest BCUT2D eigenvalue weighted by atomic mass is 79.9. The summed E-state index contributed by atoms with van der Waals surface area (Å²) in [5.74, 6) is -3.33. The Hall–Kier alpha value is -0.510. The van der Waals surface area contributed by atoms with Gasteiger partial charge >= 0.3 is 0 Å². The van der Waals surface area contributed by atoms with Crippen molar-refractivity contribution in [3.63, 3.8) is 0 Å². The molecule has 0 N–H and O–H groups in total. The molecule has 1 saturated carbocycles. The molecule has 1 fully saturated rings. The Morgan fingerprint density at radius 3 is 2.36 bits per heavy atom. The lowest BCUT2D eigenvalue weighted by molar-refractivity contribution is 0.0911. The van der Waals surface area contributed by atoms with Crippen LogP contribution in [0.15, 0.2) is 22.7 Å². The van der Waals surface area contributed by atoms with Crippen molar-refractivity contribution in [2.45, 2.75) is 24.7 Å². The van der Waals surface area contributed by atoms with E-state index in [1.54, 1.807) is 6.07 Å². The summed E-state index contributed by atoms with van der Waals surface area (Å²) in [5.41, 5.74) is -1.21. The summed E-state index contributed by atoms with van der Waals surface area (Å²) in [7, 11) is 0. The number of benzene rings is 1. The lowest BCUT2D eigenvalue weighted by Gasteiger charge is -2.11. The van der Waals surface area contributed by atoms with Crippen molar-refractivity contribution in [3.8, 4) is 0 Å².